The van der Waals surface area contributed by atoms with Gasteiger partial charge in [0.15, 0.2) is 0 Å². The standard InChI is InChI=1S/C19H12F3N3O/c1-4-13-6-5-11(9-23-13)16-10(2)24-25-19(26-3)18(16)17-14(21)7-12(20)8-15(17)22/h1,5-9H,2-3H3. The zero-order valence-corrected chi connectivity index (χ0v) is 13.8. The predicted octanol–water partition coefficient (Wildman–Crippen LogP) is 3.92. The zero-order valence-electron chi connectivity index (χ0n) is 13.8. The minimum absolute atomic E-state index is 0.0188. The first-order valence-electron chi connectivity index (χ1n) is 7.45. The first-order valence-corrected chi connectivity index (χ1v) is 7.45. The summed E-state index contributed by atoms with van der Waals surface area (Å²) in [6.45, 7) is 1.62. The highest BCUT2D eigenvalue weighted by Crippen LogP contribution is 2.41. The summed E-state index contributed by atoms with van der Waals surface area (Å²) in [5.74, 6) is -0.899. The first kappa shape index (κ1) is 17.4. The topological polar surface area (TPSA) is 47.9 Å². The summed E-state index contributed by atoms with van der Waals surface area (Å²) in [7, 11) is 1.30. The van der Waals surface area contributed by atoms with Crippen LogP contribution in [0.15, 0.2) is 30.5 Å². The largest absolute Gasteiger partial charge is 0.479 e. The molecule has 0 unspecified atom stereocenters. The van der Waals surface area contributed by atoms with Gasteiger partial charge < -0.3 is 4.74 Å². The van der Waals surface area contributed by atoms with Gasteiger partial charge in [-0.3, -0.25) is 0 Å². The summed E-state index contributed by atoms with van der Waals surface area (Å²) in [6.07, 6.45) is 6.76. The predicted molar refractivity (Wildman–Crippen MR) is 89.8 cm³/mol. The number of aryl methyl sites for hydroxylation is 1. The molecule has 0 aliphatic heterocycles. The van der Waals surface area contributed by atoms with E-state index in [4.69, 9.17) is 11.2 Å². The number of hydrogen-bond donors (Lipinski definition) is 0. The van der Waals surface area contributed by atoms with Crippen LogP contribution in [-0.4, -0.2) is 22.3 Å². The van der Waals surface area contributed by atoms with Gasteiger partial charge in [0.25, 0.3) is 0 Å². The fourth-order valence-electron chi connectivity index (χ4n) is 2.64. The van der Waals surface area contributed by atoms with Crippen LogP contribution >= 0.6 is 0 Å². The third kappa shape index (κ3) is 2.97. The Balaban J connectivity index is 2.38. The van der Waals surface area contributed by atoms with Crippen molar-refractivity contribution >= 4 is 0 Å². The Hall–Kier alpha value is -3.40. The van der Waals surface area contributed by atoms with E-state index in [0.29, 0.717) is 34.6 Å². The number of pyridine rings is 1. The van der Waals surface area contributed by atoms with Crippen LogP contribution in [0.4, 0.5) is 13.2 Å². The van der Waals surface area contributed by atoms with E-state index in [1.54, 1.807) is 19.1 Å². The molecule has 0 spiro atoms. The molecular weight excluding hydrogens is 343 g/mol. The quantitative estimate of drug-likeness (QED) is 0.668. The number of terminal acetylenes is 1. The lowest BCUT2D eigenvalue weighted by Crippen LogP contribution is -2.04. The highest BCUT2D eigenvalue weighted by Gasteiger charge is 2.25. The number of methoxy groups -OCH3 is 1. The Kier molecular flexibility index (Phi) is 4.59. The van der Waals surface area contributed by atoms with Gasteiger partial charge in [-0.1, -0.05) is 5.92 Å². The number of nitrogens with zero attached hydrogens (tertiary/aromatic N) is 3. The van der Waals surface area contributed by atoms with Crippen molar-refractivity contribution < 1.29 is 17.9 Å². The summed E-state index contributed by atoms with van der Waals surface area (Å²) in [5.41, 5.74) is 1.22. The zero-order chi connectivity index (χ0) is 18.8. The second-order valence-electron chi connectivity index (χ2n) is 5.37. The summed E-state index contributed by atoms with van der Waals surface area (Å²) in [4.78, 5) is 4.09. The fourth-order valence-corrected chi connectivity index (χ4v) is 2.64. The fraction of sp³-hybridized carbons (Fsp3) is 0.105. The SMILES string of the molecule is C#Cc1ccc(-c2c(C)nnc(OC)c2-c2c(F)cc(F)cc2F)cn1. The molecule has 0 amide bonds. The molecule has 2 heterocycles. The number of hydrogen-bond acceptors (Lipinski definition) is 4. The molecule has 130 valence electrons. The second-order valence-corrected chi connectivity index (χ2v) is 5.37. The number of rotatable bonds is 3. The van der Waals surface area contributed by atoms with Crippen LogP contribution in [0.3, 0.4) is 0 Å². The van der Waals surface area contributed by atoms with E-state index in [1.165, 1.54) is 13.3 Å². The van der Waals surface area contributed by atoms with E-state index in [-0.39, 0.29) is 11.4 Å². The van der Waals surface area contributed by atoms with Crippen molar-refractivity contribution in [1.82, 2.24) is 15.2 Å². The van der Waals surface area contributed by atoms with E-state index in [0.717, 1.165) is 0 Å². The van der Waals surface area contributed by atoms with Gasteiger partial charge in [0.05, 0.1) is 23.9 Å². The summed E-state index contributed by atoms with van der Waals surface area (Å²) in [5, 5.41) is 7.82. The number of ether oxygens (including phenoxy) is 1. The van der Waals surface area contributed by atoms with Crippen LogP contribution in [0.5, 0.6) is 5.88 Å². The van der Waals surface area contributed by atoms with Crippen LogP contribution in [0.1, 0.15) is 11.4 Å². The van der Waals surface area contributed by atoms with Gasteiger partial charge in [0.2, 0.25) is 5.88 Å². The van der Waals surface area contributed by atoms with Crippen LogP contribution in [0.2, 0.25) is 0 Å². The molecule has 26 heavy (non-hydrogen) atoms. The van der Waals surface area contributed by atoms with Gasteiger partial charge >= 0.3 is 0 Å². The van der Waals surface area contributed by atoms with Crippen molar-refractivity contribution in [2.75, 3.05) is 7.11 Å². The molecule has 0 bridgehead atoms. The van der Waals surface area contributed by atoms with Gasteiger partial charge in [-0.2, -0.15) is 5.10 Å². The Morgan fingerprint density at radius 2 is 1.69 bits per heavy atom. The third-order valence-electron chi connectivity index (χ3n) is 3.77. The van der Waals surface area contributed by atoms with E-state index < -0.39 is 23.0 Å². The molecule has 1 aromatic carbocycles. The Labute approximate surface area is 147 Å². The first-order chi connectivity index (χ1) is 12.5. The Bertz CT molecular complexity index is 1000. The highest BCUT2D eigenvalue weighted by molar-refractivity contribution is 5.88. The lowest BCUT2D eigenvalue weighted by Gasteiger charge is -2.16. The van der Waals surface area contributed by atoms with Gasteiger partial charge in [0.1, 0.15) is 23.1 Å². The maximum absolute atomic E-state index is 14.4. The van der Waals surface area contributed by atoms with E-state index in [9.17, 15) is 13.2 Å². The molecule has 0 aliphatic rings. The van der Waals surface area contributed by atoms with E-state index in [1.807, 2.05) is 0 Å². The van der Waals surface area contributed by atoms with Gasteiger partial charge in [-0.15, -0.1) is 11.5 Å². The molecule has 0 aliphatic carbocycles. The van der Waals surface area contributed by atoms with Crippen molar-refractivity contribution in [1.29, 1.82) is 0 Å². The molecule has 0 atom stereocenters. The minimum Gasteiger partial charge on any atom is -0.479 e. The van der Waals surface area contributed by atoms with Gasteiger partial charge in [0, 0.05) is 29.5 Å². The van der Waals surface area contributed by atoms with Crippen molar-refractivity contribution in [2.45, 2.75) is 6.92 Å². The number of aromatic nitrogens is 3. The molecule has 4 nitrogen and oxygen atoms in total. The van der Waals surface area contributed by atoms with Crippen molar-refractivity contribution in [3.63, 3.8) is 0 Å². The summed E-state index contributed by atoms with van der Waals surface area (Å²) < 4.78 is 47.3. The number of benzene rings is 1. The minimum atomic E-state index is -1.08. The maximum Gasteiger partial charge on any atom is 0.241 e. The lowest BCUT2D eigenvalue weighted by molar-refractivity contribution is 0.393. The molecule has 0 radical (unpaired) electrons. The van der Waals surface area contributed by atoms with Crippen molar-refractivity contribution in [3.8, 4) is 40.5 Å². The Morgan fingerprint density at radius 3 is 2.23 bits per heavy atom. The van der Waals surface area contributed by atoms with Crippen LogP contribution in [0.25, 0.3) is 22.3 Å². The average Bonchev–Trinajstić information content (AvgIpc) is 2.61. The third-order valence-corrected chi connectivity index (χ3v) is 3.77. The maximum atomic E-state index is 14.4. The molecule has 0 fully saturated rings. The summed E-state index contributed by atoms with van der Waals surface area (Å²) >= 11 is 0. The summed E-state index contributed by atoms with van der Waals surface area (Å²) in [6, 6.07) is 4.42. The molecule has 0 saturated carbocycles. The molecular formula is C19H12F3N3O. The van der Waals surface area contributed by atoms with Crippen LogP contribution in [0, 0.1) is 36.7 Å². The second kappa shape index (κ2) is 6.84. The normalized spacial score (nSPS) is 10.5. The molecule has 7 heteroatoms. The van der Waals surface area contributed by atoms with Crippen molar-refractivity contribution in [2.24, 2.45) is 0 Å². The van der Waals surface area contributed by atoms with Crippen LogP contribution in [-0.2, 0) is 0 Å². The van der Waals surface area contributed by atoms with Gasteiger partial charge in [-0.25, -0.2) is 18.2 Å². The number of halogens is 3. The molecule has 2 aromatic heterocycles. The van der Waals surface area contributed by atoms with Crippen LogP contribution < -0.4 is 4.74 Å². The molecule has 3 rings (SSSR count). The van der Waals surface area contributed by atoms with E-state index >= 15 is 0 Å². The molecule has 0 N–H and O–H groups in total. The average molecular weight is 355 g/mol. The monoisotopic (exact) mass is 355 g/mol. The highest BCUT2D eigenvalue weighted by atomic mass is 19.1. The lowest BCUT2D eigenvalue weighted by atomic mass is 9.94. The van der Waals surface area contributed by atoms with Crippen molar-refractivity contribution in [3.05, 3.63) is 59.3 Å². The van der Waals surface area contributed by atoms with E-state index in [2.05, 4.69) is 21.1 Å². The molecule has 3 aromatic rings. The smallest absolute Gasteiger partial charge is 0.241 e. The van der Waals surface area contributed by atoms with Gasteiger partial charge in [-0.05, 0) is 19.1 Å². The molecule has 0 saturated heterocycles. The Morgan fingerprint density at radius 1 is 1.00 bits per heavy atom.